The van der Waals surface area contributed by atoms with Crippen LogP contribution in [0.15, 0.2) is 59.5 Å². The van der Waals surface area contributed by atoms with Crippen LogP contribution < -0.4 is 10.5 Å². The van der Waals surface area contributed by atoms with Crippen LogP contribution in [0.1, 0.15) is 0 Å². The van der Waals surface area contributed by atoms with Crippen molar-refractivity contribution in [3.8, 4) is 5.75 Å². The fraction of sp³-hybridized carbons (Fsp3) is 0.143. The highest BCUT2D eigenvalue weighted by atomic mass is 32.2. The lowest BCUT2D eigenvalue weighted by molar-refractivity contribution is 0.342. The molecule has 0 saturated carbocycles. The van der Waals surface area contributed by atoms with E-state index in [1.807, 2.05) is 36.4 Å². The summed E-state index contributed by atoms with van der Waals surface area (Å²) in [6.45, 7) is 0.422. The van der Waals surface area contributed by atoms with E-state index in [-0.39, 0.29) is 0 Å². The summed E-state index contributed by atoms with van der Waals surface area (Å²) in [5, 5.41) is 0. The summed E-state index contributed by atoms with van der Waals surface area (Å²) < 4.78 is 17.5. The minimum atomic E-state index is -1.07. The maximum atomic E-state index is 12.0. The number of hydrogen-bond donors (Lipinski definition) is 1. The Balaban J connectivity index is 1.86. The number of nitrogens with two attached hydrogens (primary N) is 1. The number of rotatable bonds is 5. The van der Waals surface area contributed by atoms with Crippen LogP contribution in [0.25, 0.3) is 0 Å². The Morgan fingerprint density at radius 3 is 2.56 bits per heavy atom. The first-order chi connectivity index (χ1) is 8.75. The third-order valence-electron chi connectivity index (χ3n) is 2.40. The summed E-state index contributed by atoms with van der Waals surface area (Å²) in [7, 11) is -1.07. The minimum Gasteiger partial charge on any atom is -0.493 e. The third kappa shape index (κ3) is 3.60. The van der Waals surface area contributed by atoms with Crippen molar-refractivity contribution in [3.05, 3.63) is 54.6 Å². The van der Waals surface area contributed by atoms with Gasteiger partial charge in [-0.05, 0) is 30.3 Å². The fourth-order valence-corrected chi connectivity index (χ4v) is 2.49. The van der Waals surface area contributed by atoms with E-state index in [4.69, 9.17) is 10.5 Å². The van der Waals surface area contributed by atoms with Crippen molar-refractivity contribution in [1.29, 1.82) is 0 Å². The van der Waals surface area contributed by atoms with Crippen LogP contribution >= 0.6 is 0 Å². The van der Waals surface area contributed by atoms with Gasteiger partial charge in [-0.2, -0.15) is 0 Å². The molecule has 3 nitrogen and oxygen atoms in total. The van der Waals surface area contributed by atoms with Crippen LogP contribution in [-0.2, 0) is 10.8 Å². The van der Waals surface area contributed by atoms with Crippen molar-refractivity contribution >= 4 is 16.5 Å². The molecule has 1 unspecified atom stereocenters. The van der Waals surface area contributed by atoms with Crippen LogP contribution in [0.2, 0.25) is 0 Å². The summed E-state index contributed by atoms with van der Waals surface area (Å²) in [6, 6.07) is 16.6. The molecule has 0 saturated heterocycles. The summed E-state index contributed by atoms with van der Waals surface area (Å²) in [4.78, 5) is 0.742. The summed E-state index contributed by atoms with van der Waals surface area (Å²) in [5.74, 6) is 1.25. The lowest BCUT2D eigenvalue weighted by Crippen LogP contribution is -2.08. The van der Waals surface area contributed by atoms with Crippen molar-refractivity contribution in [3.63, 3.8) is 0 Å². The number of anilines is 1. The van der Waals surface area contributed by atoms with Gasteiger partial charge in [0.25, 0.3) is 0 Å². The first-order valence-corrected chi connectivity index (χ1v) is 6.99. The monoisotopic (exact) mass is 261 g/mol. The van der Waals surface area contributed by atoms with E-state index in [1.54, 1.807) is 18.2 Å². The maximum Gasteiger partial charge on any atom is 0.119 e. The zero-order chi connectivity index (χ0) is 12.8. The molecule has 94 valence electrons. The second-order valence-corrected chi connectivity index (χ2v) is 5.35. The van der Waals surface area contributed by atoms with E-state index in [2.05, 4.69) is 0 Å². The molecule has 2 N–H and O–H groups in total. The number of para-hydroxylation sites is 1. The van der Waals surface area contributed by atoms with Gasteiger partial charge in [-0.25, -0.2) is 0 Å². The molecule has 0 aliphatic rings. The average Bonchev–Trinajstić information content (AvgIpc) is 2.40. The van der Waals surface area contributed by atoms with Crippen LogP contribution in [0.4, 0.5) is 5.69 Å². The Morgan fingerprint density at radius 2 is 1.83 bits per heavy atom. The molecule has 0 spiro atoms. The molecule has 0 heterocycles. The largest absolute Gasteiger partial charge is 0.493 e. The molecule has 0 bridgehead atoms. The Hall–Kier alpha value is -1.81. The first kappa shape index (κ1) is 12.6. The van der Waals surface area contributed by atoms with Crippen molar-refractivity contribution in [2.45, 2.75) is 4.90 Å². The van der Waals surface area contributed by atoms with E-state index in [0.717, 1.165) is 10.6 Å². The maximum absolute atomic E-state index is 12.0. The topological polar surface area (TPSA) is 52.3 Å². The van der Waals surface area contributed by atoms with Crippen molar-refractivity contribution in [1.82, 2.24) is 0 Å². The van der Waals surface area contributed by atoms with Gasteiger partial charge in [0, 0.05) is 10.6 Å². The Kier molecular flexibility index (Phi) is 4.36. The second kappa shape index (κ2) is 6.21. The third-order valence-corrected chi connectivity index (χ3v) is 3.72. The van der Waals surface area contributed by atoms with Gasteiger partial charge in [0.2, 0.25) is 0 Å². The van der Waals surface area contributed by atoms with Crippen molar-refractivity contribution < 1.29 is 8.95 Å². The number of nitrogen functional groups attached to an aromatic ring is 1. The number of ether oxygens (including phenoxy) is 1. The SMILES string of the molecule is Nc1cccc(S(=O)CCOc2ccccc2)c1. The van der Waals surface area contributed by atoms with Crippen LogP contribution in [-0.4, -0.2) is 16.6 Å². The Labute approximate surface area is 109 Å². The Morgan fingerprint density at radius 1 is 1.06 bits per heavy atom. The van der Waals surface area contributed by atoms with Gasteiger partial charge in [0.1, 0.15) is 12.4 Å². The van der Waals surface area contributed by atoms with Gasteiger partial charge in [0.15, 0.2) is 0 Å². The highest BCUT2D eigenvalue weighted by molar-refractivity contribution is 7.85. The predicted octanol–water partition coefficient (Wildman–Crippen LogP) is 2.46. The molecule has 0 aromatic heterocycles. The van der Waals surface area contributed by atoms with E-state index in [1.165, 1.54) is 0 Å². The number of benzene rings is 2. The molecule has 0 aliphatic heterocycles. The van der Waals surface area contributed by atoms with Crippen molar-refractivity contribution in [2.24, 2.45) is 0 Å². The quantitative estimate of drug-likeness (QED) is 0.841. The van der Waals surface area contributed by atoms with E-state index in [0.29, 0.717) is 18.0 Å². The lowest BCUT2D eigenvalue weighted by Gasteiger charge is -2.06. The normalized spacial score (nSPS) is 12.0. The Bertz CT molecular complexity index is 528. The molecule has 18 heavy (non-hydrogen) atoms. The van der Waals surface area contributed by atoms with Gasteiger partial charge in [0.05, 0.1) is 16.6 Å². The van der Waals surface area contributed by atoms with E-state index >= 15 is 0 Å². The molecule has 0 aliphatic carbocycles. The summed E-state index contributed by atoms with van der Waals surface area (Å²) in [6.07, 6.45) is 0. The van der Waals surface area contributed by atoms with Crippen LogP contribution in [0, 0.1) is 0 Å². The van der Waals surface area contributed by atoms with Gasteiger partial charge in [-0.3, -0.25) is 4.21 Å². The average molecular weight is 261 g/mol. The second-order valence-electron chi connectivity index (χ2n) is 3.78. The highest BCUT2D eigenvalue weighted by Gasteiger charge is 2.04. The molecule has 2 aromatic rings. The van der Waals surface area contributed by atoms with Crippen LogP contribution in [0.3, 0.4) is 0 Å². The van der Waals surface area contributed by atoms with Gasteiger partial charge in [-0.1, -0.05) is 24.3 Å². The summed E-state index contributed by atoms with van der Waals surface area (Å²) >= 11 is 0. The summed E-state index contributed by atoms with van der Waals surface area (Å²) in [5.41, 5.74) is 6.28. The van der Waals surface area contributed by atoms with Gasteiger partial charge < -0.3 is 10.5 Å². The molecular weight excluding hydrogens is 246 g/mol. The zero-order valence-corrected chi connectivity index (χ0v) is 10.7. The molecular formula is C14H15NO2S. The highest BCUT2D eigenvalue weighted by Crippen LogP contribution is 2.12. The van der Waals surface area contributed by atoms with Gasteiger partial charge in [-0.15, -0.1) is 0 Å². The van der Waals surface area contributed by atoms with E-state index in [9.17, 15) is 4.21 Å². The predicted molar refractivity (Wildman–Crippen MR) is 74.1 cm³/mol. The standard InChI is InChI=1S/C14H15NO2S/c15-12-5-4-8-14(11-12)18(16)10-9-17-13-6-2-1-3-7-13/h1-8,11H,9-10,15H2. The van der Waals surface area contributed by atoms with Crippen LogP contribution in [0.5, 0.6) is 5.75 Å². The molecule has 4 heteroatoms. The smallest absolute Gasteiger partial charge is 0.119 e. The fourth-order valence-electron chi connectivity index (χ4n) is 1.53. The molecule has 0 radical (unpaired) electrons. The molecule has 1 atom stereocenters. The van der Waals surface area contributed by atoms with Crippen molar-refractivity contribution in [2.75, 3.05) is 18.1 Å². The molecule has 0 amide bonds. The first-order valence-electron chi connectivity index (χ1n) is 5.67. The van der Waals surface area contributed by atoms with Gasteiger partial charge >= 0.3 is 0 Å². The molecule has 2 rings (SSSR count). The van der Waals surface area contributed by atoms with E-state index < -0.39 is 10.8 Å². The molecule has 2 aromatic carbocycles. The molecule has 0 fully saturated rings. The number of hydrogen-bond acceptors (Lipinski definition) is 3. The zero-order valence-electron chi connectivity index (χ0n) is 9.91. The minimum absolute atomic E-state index is 0.422. The lowest BCUT2D eigenvalue weighted by atomic mass is 10.3.